The van der Waals surface area contributed by atoms with Crippen molar-refractivity contribution in [1.82, 2.24) is 0 Å². The fraction of sp³-hybridized carbons (Fsp3) is 1.00. The first kappa shape index (κ1) is 9.47. The number of ether oxygens (including phenoxy) is 1. The molecule has 0 aromatic carbocycles. The van der Waals surface area contributed by atoms with E-state index in [2.05, 4.69) is 20.8 Å². The summed E-state index contributed by atoms with van der Waals surface area (Å²) in [6, 6.07) is 0. The van der Waals surface area contributed by atoms with E-state index in [9.17, 15) is 5.11 Å². The van der Waals surface area contributed by atoms with Crippen molar-refractivity contribution in [2.24, 2.45) is 5.41 Å². The van der Waals surface area contributed by atoms with Crippen LogP contribution in [0.4, 0.5) is 0 Å². The third-order valence-corrected chi connectivity index (χ3v) is 3.52. The molecule has 2 aliphatic rings. The maximum atomic E-state index is 9.71. The molecular formula is C11H20O2. The fourth-order valence-electron chi connectivity index (χ4n) is 2.56. The van der Waals surface area contributed by atoms with Gasteiger partial charge in [-0.05, 0) is 33.6 Å². The van der Waals surface area contributed by atoms with Gasteiger partial charge in [-0.15, -0.1) is 0 Å². The van der Waals surface area contributed by atoms with E-state index in [-0.39, 0.29) is 17.1 Å². The van der Waals surface area contributed by atoms with Crippen LogP contribution in [0.3, 0.4) is 0 Å². The first-order valence-corrected chi connectivity index (χ1v) is 5.30. The van der Waals surface area contributed by atoms with E-state index in [0.29, 0.717) is 6.10 Å². The van der Waals surface area contributed by atoms with Crippen LogP contribution >= 0.6 is 0 Å². The van der Waals surface area contributed by atoms with Crippen LogP contribution in [-0.4, -0.2) is 22.9 Å². The van der Waals surface area contributed by atoms with E-state index in [1.807, 2.05) is 0 Å². The maximum absolute atomic E-state index is 9.71. The second-order valence-corrected chi connectivity index (χ2v) is 5.56. The lowest BCUT2D eigenvalue weighted by Gasteiger charge is -2.60. The minimum Gasteiger partial charge on any atom is -0.392 e. The summed E-state index contributed by atoms with van der Waals surface area (Å²) in [5.41, 5.74) is 0.0979. The minimum absolute atomic E-state index is 0.0621. The Balaban J connectivity index is 1.96. The summed E-state index contributed by atoms with van der Waals surface area (Å²) in [4.78, 5) is 0. The molecule has 0 saturated heterocycles. The number of aliphatic hydroxyl groups is 1. The highest BCUT2D eigenvalue weighted by Crippen LogP contribution is 2.57. The molecule has 13 heavy (non-hydrogen) atoms. The Bertz CT molecular complexity index is 201. The summed E-state index contributed by atoms with van der Waals surface area (Å²) in [5, 5.41) is 9.71. The van der Waals surface area contributed by atoms with Crippen molar-refractivity contribution in [3.63, 3.8) is 0 Å². The maximum Gasteiger partial charge on any atom is 0.0688 e. The van der Waals surface area contributed by atoms with Crippen molar-refractivity contribution in [3.8, 4) is 0 Å². The number of aliphatic hydroxyl groups excluding tert-OH is 1. The van der Waals surface area contributed by atoms with Gasteiger partial charge in [0.2, 0.25) is 0 Å². The monoisotopic (exact) mass is 184 g/mol. The highest BCUT2D eigenvalue weighted by Gasteiger charge is 2.59. The summed E-state index contributed by atoms with van der Waals surface area (Å²) in [5.74, 6) is 0. The van der Waals surface area contributed by atoms with Crippen LogP contribution < -0.4 is 0 Å². The summed E-state index contributed by atoms with van der Waals surface area (Å²) in [6.07, 6.45) is 4.66. The lowest BCUT2D eigenvalue weighted by atomic mass is 9.52. The third kappa shape index (κ3) is 1.40. The molecule has 1 spiro atoms. The SMILES string of the molecule is CC(C)(C)O[C@H]1C[C@@H](O)C12CCC2. The Kier molecular flexibility index (Phi) is 1.97. The molecular weight excluding hydrogens is 164 g/mol. The molecule has 2 heteroatoms. The van der Waals surface area contributed by atoms with Crippen LogP contribution in [-0.2, 0) is 4.74 Å². The number of rotatable bonds is 1. The van der Waals surface area contributed by atoms with Gasteiger partial charge in [0.15, 0.2) is 0 Å². The Hall–Kier alpha value is -0.0800. The molecule has 0 amide bonds. The van der Waals surface area contributed by atoms with E-state index >= 15 is 0 Å². The van der Waals surface area contributed by atoms with Gasteiger partial charge in [0, 0.05) is 11.8 Å². The van der Waals surface area contributed by atoms with Gasteiger partial charge in [0.1, 0.15) is 0 Å². The largest absolute Gasteiger partial charge is 0.392 e. The zero-order chi connectivity index (χ0) is 9.69. The average Bonchev–Trinajstić information content (AvgIpc) is 1.78. The van der Waals surface area contributed by atoms with Crippen molar-refractivity contribution in [2.45, 2.75) is 64.3 Å². The molecule has 0 bridgehead atoms. The predicted molar refractivity (Wildman–Crippen MR) is 51.5 cm³/mol. The molecule has 76 valence electrons. The molecule has 2 nitrogen and oxygen atoms in total. The first-order valence-electron chi connectivity index (χ1n) is 5.30. The number of hydrogen-bond donors (Lipinski definition) is 1. The van der Waals surface area contributed by atoms with Gasteiger partial charge in [-0.3, -0.25) is 0 Å². The lowest BCUT2D eigenvalue weighted by Crippen LogP contribution is -2.63. The molecule has 0 aromatic rings. The smallest absolute Gasteiger partial charge is 0.0688 e. The fourth-order valence-corrected chi connectivity index (χ4v) is 2.56. The summed E-state index contributed by atoms with van der Waals surface area (Å²) in [7, 11) is 0. The van der Waals surface area contributed by atoms with Crippen LogP contribution in [0.1, 0.15) is 46.5 Å². The van der Waals surface area contributed by atoms with E-state index in [1.165, 1.54) is 6.42 Å². The molecule has 2 fully saturated rings. The van der Waals surface area contributed by atoms with Gasteiger partial charge in [-0.2, -0.15) is 0 Å². The van der Waals surface area contributed by atoms with Crippen LogP contribution in [0.15, 0.2) is 0 Å². The lowest BCUT2D eigenvalue weighted by molar-refractivity contribution is -0.254. The summed E-state index contributed by atoms with van der Waals surface area (Å²) < 4.78 is 5.94. The van der Waals surface area contributed by atoms with Crippen molar-refractivity contribution >= 4 is 0 Å². The average molecular weight is 184 g/mol. The molecule has 0 radical (unpaired) electrons. The van der Waals surface area contributed by atoms with Crippen molar-refractivity contribution < 1.29 is 9.84 Å². The van der Waals surface area contributed by atoms with Crippen LogP contribution in [0.2, 0.25) is 0 Å². The van der Waals surface area contributed by atoms with Crippen molar-refractivity contribution in [2.75, 3.05) is 0 Å². The van der Waals surface area contributed by atoms with Crippen molar-refractivity contribution in [3.05, 3.63) is 0 Å². The Labute approximate surface area is 80.3 Å². The normalized spacial score (nSPS) is 36.9. The highest BCUT2D eigenvalue weighted by molar-refractivity contribution is 5.09. The molecule has 0 aromatic heterocycles. The third-order valence-electron chi connectivity index (χ3n) is 3.52. The Morgan fingerprint density at radius 1 is 1.31 bits per heavy atom. The van der Waals surface area contributed by atoms with E-state index < -0.39 is 0 Å². The molecule has 2 atom stereocenters. The molecule has 1 N–H and O–H groups in total. The quantitative estimate of drug-likeness (QED) is 0.676. The van der Waals surface area contributed by atoms with E-state index in [4.69, 9.17) is 4.74 Å². The summed E-state index contributed by atoms with van der Waals surface area (Å²) >= 11 is 0. The van der Waals surface area contributed by atoms with Crippen molar-refractivity contribution in [1.29, 1.82) is 0 Å². The standard InChI is InChI=1S/C11H20O2/c1-10(2,3)13-9-7-8(12)11(9)5-4-6-11/h8-9,12H,4-7H2,1-3H3/t8-,9+/m1/s1. The van der Waals surface area contributed by atoms with Gasteiger partial charge in [-0.1, -0.05) is 6.42 Å². The zero-order valence-electron chi connectivity index (χ0n) is 8.84. The van der Waals surface area contributed by atoms with Crippen LogP contribution in [0.5, 0.6) is 0 Å². The molecule has 2 aliphatic carbocycles. The topological polar surface area (TPSA) is 29.5 Å². The number of hydrogen-bond acceptors (Lipinski definition) is 2. The van der Waals surface area contributed by atoms with Crippen LogP contribution in [0, 0.1) is 5.41 Å². The van der Waals surface area contributed by atoms with Crippen LogP contribution in [0.25, 0.3) is 0 Å². The second kappa shape index (κ2) is 2.71. The van der Waals surface area contributed by atoms with Gasteiger partial charge in [0.25, 0.3) is 0 Å². The first-order chi connectivity index (χ1) is 5.94. The predicted octanol–water partition coefficient (Wildman–Crippen LogP) is 2.10. The van der Waals surface area contributed by atoms with Gasteiger partial charge >= 0.3 is 0 Å². The molecule has 0 aliphatic heterocycles. The Morgan fingerprint density at radius 3 is 2.23 bits per heavy atom. The molecule has 0 unspecified atom stereocenters. The van der Waals surface area contributed by atoms with Gasteiger partial charge in [-0.25, -0.2) is 0 Å². The van der Waals surface area contributed by atoms with Gasteiger partial charge in [0.05, 0.1) is 17.8 Å². The zero-order valence-corrected chi connectivity index (χ0v) is 8.84. The molecule has 0 heterocycles. The van der Waals surface area contributed by atoms with Gasteiger partial charge < -0.3 is 9.84 Å². The molecule has 2 rings (SSSR count). The summed E-state index contributed by atoms with van der Waals surface area (Å²) in [6.45, 7) is 6.26. The Morgan fingerprint density at radius 2 is 1.92 bits per heavy atom. The highest BCUT2D eigenvalue weighted by atomic mass is 16.5. The second-order valence-electron chi connectivity index (χ2n) is 5.56. The van der Waals surface area contributed by atoms with E-state index in [1.54, 1.807) is 0 Å². The van der Waals surface area contributed by atoms with E-state index in [0.717, 1.165) is 19.3 Å². The minimum atomic E-state index is -0.0893. The molecule has 2 saturated carbocycles.